The van der Waals surface area contributed by atoms with Crippen molar-refractivity contribution in [2.45, 2.75) is 89.8 Å². The zero-order valence-electron chi connectivity index (χ0n) is 13.3. The second-order valence-corrected chi connectivity index (χ2v) is 7.17. The van der Waals surface area contributed by atoms with Crippen LogP contribution in [0.1, 0.15) is 77.6 Å². The van der Waals surface area contributed by atoms with Crippen LogP contribution in [0.2, 0.25) is 0 Å². The first kappa shape index (κ1) is 18.3. The average molecular weight is 303 g/mol. The molecule has 120 valence electrons. The van der Waals surface area contributed by atoms with E-state index in [1.54, 1.807) is 0 Å². The fourth-order valence-electron chi connectivity index (χ4n) is 2.75. The largest absolute Gasteiger partial charge is 0.390 e. The Hall–Kier alpha value is 0.270. The van der Waals surface area contributed by atoms with Gasteiger partial charge in [-0.2, -0.15) is 11.8 Å². The molecule has 0 bridgehead atoms. The van der Waals surface area contributed by atoms with Gasteiger partial charge in [-0.1, -0.05) is 71.1 Å². The highest BCUT2D eigenvalue weighted by Gasteiger charge is 2.22. The highest BCUT2D eigenvalue weighted by atomic mass is 32.2. The third-order valence-corrected chi connectivity index (χ3v) is 5.14. The molecule has 1 aliphatic heterocycles. The summed E-state index contributed by atoms with van der Waals surface area (Å²) >= 11 is 1.90. The predicted molar refractivity (Wildman–Crippen MR) is 89.5 cm³/mol. The van der Waals surface area contributed by atoms with Crippen LogP contribution in [0, 0.1) is 0 Å². The van der Waals surface area contributed by atoms with E-state index in [-0.39, 0.29) is 12.2 Å². The number of rotatable bonds is 12. The monoisotopic (exact) mass is 302 g/mol. The van der Waals surface area contributed by atoms with Gasteiger partial charge in [-0.05, 0) is 6.42 Å². The van der Waals surface area contributed by atoms with Crippen molar-refractivity contribution < 1.29 is 9.84 Å². The topological polar surface area (TPSA) is 29.5 Å². The van der Waals surface area contributed by atoms with Crippen molar-refractivity contribution in [3.8, 4) is 0 Å². The van der Waals surface area contributed by atoms with Crippen LogP contribution in [0.25, 0.3) is 0 Å². The lowest BCUT2D eigenvalue weighted by Crippen LogP contribution is -2.35. The molecule has 0 radical (unpaired) electrons. The molecule has 0 saturated carbocycles. The SMILES string of the molecule is CCCCCCCCCCCCC(O)C1CSCCO1. The van der Waals surface area contributed by atoms with Crippen molar-refractivity contribution >= 4 is 11.8 Å². The maximum Gasteiger partial charge on any atom is 0.0924 e. The number of unbranched alkanes of at least 4 members (excludes halogenated alkanes) is 9. The van der Waals surface area contributed by atoms with Crippen LogP contribution in [0.4, 0.5) is 0 Å². The molecule has 1 rings (SSSR count). The Bertz CT molecular complexity index is 205. The summed E-state index contributed by atoms with van der Waals surface area (Å²) in [6.07, 6.45) is 14.3. The third kappa shape index (κ3) is 9.25. The molecular formula is C17H34O2S. The van der Waals surface area contributed by atoms with E-state index < -0.39 is 0 Å². The zero-order valence-corrected chi connectivity index (χ0v) is 14.1. The van der Waals surface area contributed by atoms with Gasteiger partial charge in [-0.3, -0.25) is 0 Å². The minimum atomic E-state index is -0.239. The molecule has 0 aromatic carbocycles. The molecule has 0 aliphatic carbocycles. The van der Waals surface area contributed by atoms with Gasteiger partial charge in [-0.15, -0.1) is 0 Å². The summed E-state index contributed by atoms with van der Waals surface area (Å²) in [6.45, 7) is 3.08. The van der Waals surface area contributed by atoms with Crippen LogP contribution in [0.15, 0.2) is 0 Å². The molecule has 0 aromatic rings. The molecule has 20 heavy (non-hydrogen) atoms. The molecular weight excluding hydrogens is 268 g/mol. The highest BCUT2D eigenvalue weighted by Crippen LogP contribution is 2.19. The quantitative estimate of drug-likeness (QED) is 0.526. The number of aliphatic hydroxyl groups excluding tert-OH is 1. The van der Waals surface area contributed by atoms with E-state index in [9.17, 15) is 5.11 Å². The molecule has 1 saturated heterocycles. The molecule has 0 aromatic heterocycles. The molecule has 1 fully saturated rings. The van der Waals surface area contributed by atoms with Gasteiger partial charge in [0.1, 0.15) is 0 Å². The first-order valence-corrected chi connectivity index (χ1v) is 9.87. The molecule has 0 spiro atoms. The van der Waals surface area contributed by atoms with Crippen molar-refractivity contribution in [2.75, 3.05) is 18.1 Å². The normalized spacial score (nSPS) is 21.0. The number of hydrogen-bond acceptors (Lipinski definition) is 3. The molecule has 3 heteroatoms. The van der Waals surface area contributed by atoms with Gasteiger partial charge in [0.25, 0.3) is 0 Å². The van der Waals surface area contributed by atoms with E-state index in [1.165, 1.54) is 57.8 Å². The van der Waals surface area contributed by atoms with Crippen molar-refractivity contribution in [3.05, 3.63) is 0 Å². The van der Waals surface area contributed by atoms with Gasteiger partial charge in [0.2, 0.25) is 0 Å². The minimum Gasteiger partial charge on any atom is -0.390 e. The lowest BCUT2D eigenvalue weighted by atomic mass is 10.0. The summed E-state index contributed by atoms with van der Waals surface area (Å²) < 4.78 is 5.61. The van der Waals surface area contributed by atoms with Crippen LogP contribution in [-0.4, -0.2) is 35.4 Å². The summed E-state index contributed by atoms with van der Waals surface area (Å²) in [4.78, 5) is 0. The van der Waals surface area contributed by atoms with E-state index in [0.717, 1.165) is 31.0 Å². The lowest BCUT2D eigenvalue weighted by molar-refractivity contribution is -0.0256. The lowest BCUT2D eigenvalue weighted by Gasteiger charge is -2.26. The summed E-state index contributed by atoms with van der Waals surface area (Å²) in [5, 5.41) is 10.1. The number of ether oxygens (including phenoxy) is 1. The smallest absolute Gasteiger partial charge is 0.0924 e. The zero-order chi connectivity index (χ0) is 14.5. The van der Waals surface area contributed by atoms with E-state index >= 15 is 0 Å². The Morgan fingerprint density at radius 2 is 1.60 bits per heavy atom. The summed E-state index contributed by atoms with van der Waals surface area (Å²) in [5.74, 6) is 2.06. The van der Waals surface area contributed by atoms with Crippen LogP contribution < -0.4 is 0 Å². The minimum absolute atomic E-state index is 0.0901. The van der Waals surface area contributed by atoms with E-state index in [4.69, 9.17) is 4.74 Å². The maximum atomic E-state index is 10.1. The third-order valence-electron chi connectivity index (χ3n) is 4.12. The highest BCUT2D eigenvalue weighted by molar-refractivity contribution is 7.99. The number of hydrogen-bond donors (Lipinski definition) is 1. The van der Waals surface area contributed by atoms with Crippen LogP contribution in [0.3, 0.4) is 0 Å². The summed E-state index contributed by atoms with van der Waals surface area (Å²) in [7, 11) is 0. The van der Waals surface area contributed by atoms with Crippen molar-refractivity contribution in [1.29, 1.82) is 0 Å². The van der Waals surface area contributed by atoms with Gasteiger partial charge in [-0.25, -0.2) is 0 Å². The van der Waals surface area contributed by atoms with E-state index in [1.807, 2.05) is 11.8 Å². The Morgan fingerprint density at radius 1 is 1.00 bits per heavy atom. The van der Waals surface area contributed by atoms with E-state index in [2.05, 4.69) is 6.92 Å². The summed E-state index contributed by atoms with van der Waals surface area (Å²) in [5.41, 5.74) is 0. The van der Waals surface area contributed by atoms with Crippen molar-refractivity contribution in [3.63, 3.8) is 0 Å². The molecule has 2 nitrogen and oxygen atoms in total. The van der Waals surface area contributed by atoms with Gasteiger partial charge < -0.3 is 9.84 Å². The standard InChI is InChI=1S/C17H34O2S/c1-2-3-4-5-6-7-8-9-10-11-12-16(18)17-15-20-14-13-19-17/h16-18H,2-15H2,1H3. The Balaban J connectivity index is 1.82. The Kier molecular flexibility index (Phi) is 11.9. The van der Waals surface area contributed by atoms with Crippen LogP contribution >= 0.6 is 11.8 Å². The van der Waals surface area contributed by atoms with Gasteiger partial charge in [0, 0.05) is 11.5 Å². The molecule has 1 heterocycles. The maximum absolute atomic E-state index is 10.1. The van der Waals surface area contributed by atoms with Crippen LogP contribution in [-0.2, 0) is 4.74 Å². The predicted octanol–water partition coefficient (Wildman–Crippen LogP) is 4.79. The number of thioether (sulfide) groups is 1. The fraction of sp³-hybridized carbons (Fsp3) is 1.00. The second kappa shape index (κ2) is 13.0. The van der Waals surface area contributed by atoms with Crippen molar-refractivity contribution in [1.82, 2.24) is 0 Å². The Labute approximate surface area is 130 Å². The molecule has 1 aliphatic rings. The Morgan fingerprint density at radius 3 is 2.15 bits per heavy atom. The first-order chi connectivity index (χ1) is 9.84. The fourth-order valence-corrected chi connectivity index (χ4v) is 3.69. The van der Waals surface area contributed by atoms with E-state index in [0.29, 0.717) is 0 Å². The van der Waals surface area contributed by atoms with Crippen LogP contribution in [0.5, 0.6) is 0 Å². The second-order valence-electron chi connectivity index (χ2n) is 6.02. The van der Waals surface area contributed by atoms with Gasteiger partial charge in [0.05, 0.1) is 18.8 Å². The summed E-state index contributed by atoms with van der Waals surface area (Å²) in [6, 6.07) is 0. The number of aliphatic hydroxyl groups is 1. The molecule has 2 unspecified atom stereocenters. The molecule has 2 atom stereocenters. The average Bonchev–Trinajstić information content (AvgIpc) is 2.50. The molecule has 1 N–H and O–H groups in total. The van der Waals surface area contributed by atoms with Gasteiger partial charge >= 0.3 is 0 Å². The molecule has 0 amide bonds. The van der Waals surface area contributed by atoms with Gasteiger partial charge in [0.15, 0.2) is 0 Å². The first-order valence-electron chi connectivity index (χ1n) is 8.72. The van der Waals surface area contributed by atoms with Crippen molar-refractivity contribution in [2.24, 2.45) is 0 Å².